The molecule has 1 heterocycles. The van der Waals surface area contributed by atoms with Crippen molar-refractivity contribution in [2.75, 3.05) is 5.32 Å². The molecule has 1 aromatic carbocycles. The molecule has 0 radical (unpaired) electrons. The van der Waals surface area contributed by atoms with Crippen LogP contribution in [0.5, 0.6) is 0 Å². The first-order valence-corrected chi connectivity index (χ1v) is 6.39. The molecule has 1 amide bonds. The number of hydrogen-bond acceptors (Lipinski definition) is 4. The second-order valence-corrected chi connectivity index (χ2v) is 4.89. The quantitative estimate of drug-likeness (QED) is 0.341. The number of anilines is 1. The Kier molecular flexibility index (Phi) is 4.04. The predicted octanol–water partition coefficient (Wildman–Crippen LogP) is 1.53. The average molecular weight is 338 g/mol. The number of carbonyl (C=O) groups is 1. The number of rotatable bonds is 3. The number of nitrogens with two attached hydrogens (primary N) is 1. The summed E-state index contributed by atoms with van der Waals surface area (Å²) in [5.74, 6) is -0.425. The van der Waals surface area contributed by atoms with E-state index in [1.807, 2.05) is 0 Å². The van der Waals surface area contributed by atoms with Crippen LogP contribution in [0.25, 0.3) is 0 Å². The molecule has 0 unspecified atom stereocenters. The van der Waals surface area contributed by atoms with Gasteiger partial charge in [0.15, 0.2) is 5.84 Å². The van der Waals surface area contributed by atoms with Crippen LogP contribution in [-0.4, -0.2) is 26.7 Å². The molecule has 104 valence electrons. The average Bonchev–Trinajstić information content (AvgIpc) is 2.86. The van der Waals surface area contributed by atoms with Crippen molar-refractivity contribution in [2.45, 2.75) is 0 Å². The lowest BCUT2D eigenvalue weighted by Crippen LogP contribution is -2.20. The first kappa shape index (κ1) is 14.1. The minimum Gasteiger partial charge on any atom is -0.409 e. The Morgan fingerprint density at radius 1 is 1.50 bits per heavy atom. The van der Waals surface area contributed by atoms with E-state index in [0.717, 1.165) is 4.47 Å². The van der Waals surface area contributed by atoms with E-state index in [-0.39, 0.29) is 11.7 Å². The van der Waals surface area contributed by atoms with Crippen LogP contribution in [0, 0.1) is 0 Å². The van der Waals surface area contributed by atoms with Crippen LogP contribution < -0.4 is 11.1 Å². The molecule has 0 aliphatic rings. The van der Waals surface area contributed by atoms with Crippen LogP contribution in [0.2, 0.25) is 0 Å². The zero-order valence-electron chi connectivity index (χ0n) is 10.5. The zero-order valence-corrected chi connectivity index (χ0v) is 12.1. The van der Waals surface area contributed by atoms with E-state index in [4.69, 9.17) is 10.9 Å². The van der Waals surface area contributed by atoms with Crippen molar-refractivity contribution < 1.29 is 10.0 Å². The number of halogens is 1. The lowest BCUT2D eigenvalue weighted by atomic mass is 10.1. The number of amides is 1. The highest BCUT2D eigenvalue weighted by molar-refractivity contribution is 9.10. The van der Waals surface area contributed by atoms with Gasteiger partial charge in [-0.3, -0.25) is 9.48 Å². The molecule has 20 heavy (non-hydrogen) atoms. The van der Waals surface area contributed by atoms with E-state index in [1.165, 1.54) is 10.9 Å². The maximum atomic E-state index is 12.1. The standard InChI is InChI=1S/C12H12BrN5O2/c1-18-10(4-5-15-18)12(19)16-9-3-2-7(13)6-8(9)11(14)17-20/h2-6,20H,1H3,(H2,14,17)(H,16,19). The van der Waals surface area contributed by atoms with Gasteiger partial charge in [-0.1, -0.05) is 21.1 Å². The van der Waals surface area contributed by atoms with Crippen LogP contribution in [0.3, 0.4) is 0 Å². The molecule has 7 nitrogen and oxygen atoms in total. The second kappa shape index (κ2) is 5.74. The summed E-state index contributed by atoms with van der Waals surface area (Å²) < 4.78 is 2.20. The monoisotopic (exact) mass is 337 g/mol. The molecule has 0 saturated carbocycles. The zero-order chi connectivity index (χ0) is 14.7. The van der Waals surface area contributed by atoms with Gasteiger partial charge in [-0.15, -0.1) is 0 Å². The normalized spacial score (nSPS) is 11.4. The van der Waals surface area contributed by atoms with Crippen molar-refractivity contribution in [3.05, 3.63) is 46.2 Å². The third-order valence-electron chi connectivity index (χ3n) is 2.67. The van der Waals surface area contributed by atoms with E-state index >= 15 is 0 Å². The van der Waals surface area contributed by atoms with Gasteiger partial charge >= 0.3 is 0 Å². The number of oxime groups is 1. The number of aryl methyl sites for hydroxylation is 1. The lowest BCUT2D eigenvalue weighted by Gasteiger charge is -2.10. The highest BCUT2D eigenvalue weighted by atomic mass is 79.9. The van der Waals surface area contributed by atoms with Gasteiger partial charge < -0.3 is 16.3 Å². The molecule has 0 atom stereocenters. The van der Waals surface area contributed by atoms with E-state index in [1.54, 1.807) is 31.3 Å². The van der Waals surface area contributed by atoms with Crippen molar-refractivity contribution in [3.8, 4) is 0 Å². The number of aromatic nitrogens is 2. The molecule has 0 spiro atoms. The molecule has 0 aliphatic carbocycles. The van der Waals surface area contributed by atoms with Gasteiger partial charge in [-0.2, -0.15) is 5.10 Å². The van der Waals surface area contributed by atoms with Crippen LogP contribution in [0.1, 0.15) is 16.1 Å². The summed E-state index contributed by atoms with van der Waals surface area (Å²) in [5.41, 5.74) is 6.85. The lowest BCUT2D eigenvalue weighted by molar-refractivity contribution is 0.101. The van der Waals surface area contributed by atoms with Crippen LogP contribution >= 0.6 is 15.9 Å². The molecule has 0 aliphatic heterocycles. The molecule has 0 bridgehead atoms. The van der Waals surface area contributed by atoms with Crippen molar-refractivity contribution in [3.63, 3.8) is 0 Å². The molecular formula is C12H12BrN5O2. The highest BCUT2D eigenvalue weighted by Gasteiger charge is 2.14. The molecule has 0 saturated heterocycles. The minimum absolute atomic E-state index is 0.0911. The van der Waals surface area contributed by atoms with Crippen LogP contribution in [0.15, 0.2) is 40.1 Å². The van der Waals surface area contributed by atoms with Gasteiger partial charge in [0.2, 0.25) is 0 Å². The maximum Gasteiger partial charge on any atom is 0.273 e. The fraction of sp³-hybridized carbons (Fsp3) is 0.0833. The Bertz CT molecular complexity index is 680. The number of carbonyl (C=O) groups excluding carboxylic acids is 1. The Morgan fingerprint density at radius 2 is 2.25 bits per heavy atom. The molecule has 0 fully saturated rings. The van der Waals surface area contributed by atoms with Crippen molar-refractivity contribution in [1.82, 2.24) is 9.78 Å². The molecule has 2 aromatic rings. The van der Waals surface area contributed by atoms with Gasteiger partial charge in [-0.25, -0.2) is 0 Å². The first-order valence-electron chi connectivity index (χ1n) is 5.59. The number of nitrogens with one attached hydrogen (secondary N) is 1. The number of nitrogens with zero attached hydrogens (tertiary/aromatic N) is 3. The number of hydrogen-bond donors (Lipinski definition) is 3. The van der Waals surface area contributed by atoms with E-state index in [0.29, 0.717) is 16.9 Å². The van der Waals surface area contributed by atoms with Crippen LogP contribution in [-0.2, 0) is 7.05 Å². The summed E-state index contributed by atoms with van der Waals surface area (Å²) in [7, 11) is 1.67. The Balaban J connectivity index is 2.35. The summed E-state index contributed by atoms with van der Waals surface area (Å²) in [6.45, 7) is 0. The summed E-state index contributed by atoms with van der Waals surface area (Å²) in [6, 6.07) is 6.64. The molecular weight excluding hydrogens is 326 g/mol. The van der Waals surface area contributed by atoms with E-state index in [2.05, 4.69) is 31.5 Å². The third-order valence-corrected chi connectivity index (χ3v) is 3.16. The van der Waals surface area contributed by atoms with Crippen molar-refractivity contribution >= 4 is 33.4 Å². The fourth-order valence-electron chi connectivity index (χ4n) is 1.67. The van der Waals surface area contributed by atoms with Gasteiger partial charge in [0, 0.05) is 23.3 Å². The SMILES string of the molecule is Cn1nccc1C(=O)Nc1ccc(Br)cc1/C(N)=N/O. The summed E-state index contributed by atoms with van der Waals surface area (Å²) >= 11 is 3.29. The van der Waals surface area contributed by atoms with E-state index in [9.17, 15) is 4.79 Å². The van der Waals surface area contributed by atoms with Gasteiger partial charge in [0.25, 0.3) is 5.91 Å². The van der Waals surface area contributed by atoms with Gasteiger partial charge in [0.1, 0.15) is 5.69 Å². The summed E-state index contributed by atoms with van der Waals surface area (Å²) in [4.78, 5) is 12.1. The van der Waals surface area contributed by atoms with Crippen molar-refractivity contribution in [2.24, 2.45) is 17.9 Å². The maximum absolute atomic E-state index is 12.1. The topological polar surface area (TPSA) is 106 Å². The minimum atomic E-state index is -0.334. The molecule has 8 heteroatoms. The second-order valence-electron chi connectivity index (χ2n) is 3.97. The number of benzene rings is 1. The Labute approximate surface area is 123 Å². The molecule has 4 N–H and O–H groups in total. The molecule has 1 aromatic heterocycles. The predicted molar refractivity (Wildman–Crippen MR) is 77.8 cm³/mol. The van der Waals surface area contributed by atoms with Gasteiger partial charge in [0.05, 0.1) is 5.69 Å². The highest BCUT2D eigenvalue weighted by Crippen LogP contribution is 2.21. The smallest absolute Gasteiger partial charge is 0.273 e. The van der Waals surface area contributed by atoms with E-state index < -0.39 is 0 Å². The fourth-order valence-corrected chi connectivity index (χ4v) is 2.04. The molecule has 2 rings (SSSR count). The van der Waals surface area contributed by atoms with Crippen molar-refractivity contribution in [1.29, 1.82) is 0 Å². The third kappa shape index (κ3) is 2.80. The number of amidine groups is 1. The largest absolute Gasteiger partial charge is 0.409 e. The van der Waals surface area contributed by atoms with Crippen LogP contribution in [0.4, 0.5) is 5.69 Å². The Hall–Kier alpha value is -2.35. The Morgan fingerprint density at radius 3 is 2.85 bits per heavy atom. The summed E-state index contributed by atoms with van der Waals surface area (Å²) in [5, 5.41) is 18.4. The van der Waals surface area contributed by atoms with Gasteiger partial charge in [-0.05, 0) is 24.3 Å². The summed E-state index contributed by atoms with van der Waals surface area (Å²) in [6.07, 6.45) is 1.53. The first-order chi connectivity index (χ1) is 9.52.